The molecule has 3 heterocycles. The van der Waals surface area contributed by atoms with Crippen LogP contribution in [0.1, 0.15) is 38.4 Å². The number of ether oxygens (including phenoxy) is 1. The normalized spacial score (nSPS) is 16.8. The molecule has 0 saturated carbocycles. The monoisotopic (exact) mass is 407 g/mol. The molecular weight excluding hydrogens is 382 g/mol. The van der Waals surface area contributed by atoms with Gasteiger partial charge in [0, 0.05) is 33.2 Å². The number of carbonyl (C=O) groups excluding carboxylic acids is 1. The van der Waals surface area contributed by atoms with Gasteiger partial charge in [-0.15, -0.1) is 0 Å². The third kappa shape index (κ3) is 4.12. The van der Waals surface area contributed by atoms with Crippen molar-refractivity contribution in [2.24, 2.45) is 14.1 Å². The van der Waals surface area contributed by atoms with Crippen molar-refractivity contribution in [1.82, 2.24) is 24.4 Å². The van der Waals surface area contributed by atoms with E-state index in [2.05, 4.69) is 15.3 Å². The summed E-state index contributed by atoms with van der Waals surface area (Å²) in [6.45, 7) is 5.09. The molecule has 1 saturated heterocycles. The van der Waals surface area contributed by atoms with E-state index in [1.807, 2.05) is 13.8 Å². The molecule has 1 fully saturated rings. The number of nitrogens with zero attached hydrogens (tertiary/aromatic N) is 4. The van der Waals surface area contributed by atoms with Crippen molar-refractivity contribution in [3.8, 4) is 0 Å². The standard InChI is InChI=1S/C18H25N5O4S/c1-10(2)14-20-15-13(17(25)23(4)18(26)22(15)3)16(21-14)28-9-12(24)19-8-11-6-5-7-27-11/h10-11H,5-9H2,1-4H3,(H,19,24)/t11-/m1/s1. The smallest absolute Gasteiger partial charge is 0.332 e. The molecule has 0 aliphatic carbocycles. The van der Waals surface area contributed by atoms with Crippen LogP contribution in [0.2, 0.25) is 0 Å². The largest absolute Gasteiger partial charge is 0.376 e. The van der Waals surface area contributed by atoms with Crippen LogP contribution in [0.15, 0.2) is 14.6 Å². The van der Waals surface area contributed by atoms with Gasteiger partial charge in [0.15, 0.2) is 5.65 Å². The quantitative estimate of drug-likeness (QED) is 0.550. The van der Waals surface area contributed by atoms with E-state index in [9.17, 15) is 14.4 Å². The lowest BCUT2D eigenvalue weighted by Crippen LogP contribution is -2.38. The number of rotatable bonds is 6. The number of fused-ring (bicyclic) bond motifs is 1. The van der Waals surface area contributed by atoms with Crippen LogP contribution in [0.25, 0.3) is 11.0 Å². The van der Waals surface area contributed by atoms with Crippen molar-refractivity contribution in [3.63, 3.8) is 0 Å². The minimum atomic E-state index is -0.462. The Labute approximate surface area is 166 Å². The molecule has 1 aliphatic rings. The second-order valence-electron chi connectivity index (χ2n) is 7.17. The number of hydrogen-bond donors (Lipinski definition) is 1. The lowest BCUT2D eigenvalue weighted by atomic mass is 10.2. The van der Waals surface area contributed by atoms with Gasteiger partial charge < -0.3 is 10.1 Å². The summed E-state index contributed by atoms with van der Waals surface area (Å²) in [4.78, 5) is 46.1. The molecule has 152 valence electrons. The van der Waals surface area contributed by atoms with Gasteiger partial charge in [0.1, 0.15) is 16.2 Å². The molecule has 0 radical (unpaired) electrons. The molecule has 28 heavy (non-hydrogen) atoms. The third-order valence-electron chi connectivity index (χ3n) is 4.69. The second-order valence-corrected chi connectivity index (χ2v) is 8.14. The van der Waals surface area contributed by atoms with Crippen LogP contribution in [0.3, 0.4) is 0 Å². The Bertz CT molecular complexity index is 1010. The Morgan fingerprint density at radius 2 is 2.04 bits per heavy atom. The first kappa shape index (κ1) is 20.5. The van der Waals surface area contributed by atoms with Gasteiger partial charge in [0.05, 0.1) is 11.9 Å². The van der Waals surface area contributed by atoms with Crippen LogP contribution in [-0.2, 0) is 23.6 Å². The van der Waals surface area contributed by atoms with Gasteiger partial charge >= 0.3 is 5.69 Å². The van der Waals surface area contributed by atoms with Gasteiger partial charge in [-0.2, -0.15) is 0 Å². The molecule has 3 rings (SSSR count). The lowest BCUT2D eigenvalue weighted by Gasteiger charge is -2.13. The number of nitrogens with one attached hydrogen (secondary N) is 1. The van der Waals surface area contributed by atoms with E-state index in [0.29, 0.717) is 17.4 Å². The average Bonchev–Trinajstić information content (AvgIpc) is 3.20. The SMILES string of the molecule is CC(C)c1nc(SCC(=O)NC[C@H]2CCCO2)c2c(=O)n(C)c(=O)n(C)c2n1. The number of amides is 1. The summed E-state index contributed by atoms with van der Waals surface area (Å²) in [7, 11) is 2.99. The number of aryl methyl sites for hydroxylation is 1. The molecule has 1 atom stereocenters. The van der Waals surface area contributed by atoms with Crippen LogP contribution in [0, 0.1) is 0 Å². The van der Waals surface area contributed by atoms with Gasteiger partial charge in [-0.25, -0.2) is 14.8 Å². The number of hydrogen-bond acceptors (Lipinski definition) is 7. The minimum absolute atomic E-state index is 0.0104. The molecule has 10 heteroatoms. The first-order valence-electron chi connectivity index (χ1n) is 9.28. The zero-order chi connectivity index (χ0) is 20.4. The summed E-state index contributed by atoms with van der Waals surface area (Å²) in [5.74, 6) is 0.497. The highest BCUT2D eigenvalue weighted by Gasteiger charge is 2.20. The molecule has 0 unspecified atom stereocenters. The van der Waals surface area contributed by atoms with E-state index in [-0.39, 0.29) is 34.7 Å². The van der Waals surface area contributed by atoms with E-state index in [1.165, 1.54) is 23.4 Å². The molecule has 0 aromatic carbocycles. The highest BCUT2D eigenvalue weighted by Crippen LogP contribution is 2.24. The van der Waals surface area contributed by atoms with Gasteiger partial charge in [-0.05, 0) is 12.8 Å². The summed E-state index contributed by atoms with van der Waals surface area (Å²) in [5, 5.41) is 3.53. The van der Waals surface area contributed by atoms with E-state index >= 15 is 0 Å². The molecule has 1 N–H and O–H groups in total. The maximum absolute atomic E-state index is 12.7. The highest BCUT2D eigenvalue weighted by molar-refractivity contribution is 8.00. The molecule has 2 aromatic rings. The minimum Gasteiger partial charge on any atom is -0.376 e. The van der Waals surface area contributed by atoms with Crippen molar-refractivity contribution in [2.45, 2.75) is 43.7 Å². The maximum Gasteiger partial charge on any atom is 0.332 e. The van der Waals surface area contributed by atoms with Crippen LogP contribution in [0.4, 0.5) is 0 Å². The van der Waals surface area contributed by atoms with Crippen LogP contribution in [0.5, 0.6) is 0 Å². The molecule has 0 spiro atoms. The predicted molar refractivity (Wildman–Crippen MR) is 107 cm³/mol. The Kier molecular flexibility index (Phi) is 6.19. The second kappa shape index (κ2) is 8.44. The van der Waals surface area contributed by atoms with E-state index in [4.69, 9.17) is 4.74 Å². The van der Waals surface area contributed by atoms with Crippen molar-refractivity contribution >= 4 is 28.7 Å². The highest BCUT2D eigenvalue weighted by atomic mass is 32.2. The molecular formula is C18H25N5O4S. The summed E-state index contributed by atoms with van der Waals surface area (Å²) in [6, 6.07) is 0. The average molecular weight is 407 g/mol. The summed E-state index contributed by atoms with van der Waals surface area (Å²) < 4.78 is 7.87. The van der Waals surface area contributed by atoms with Gasteiger partial charge in [-0.1, -0.05) is 25.6 Å². The molecule has 2 aromatic heterocycles. The first-order valence-corrected chi connectivity index (χ1v) is 10.3. The van der Waals surface area contributed by atoms with E-state index in [0.717, 1.165) is 24.0 Å². The predicted octanol–water partition coefficient (Wildman–Crippen LogP) is 0.538. The lowest BCUT2D eigenvalue weighted by molar-refractivity contribution is -0.119. The fraction of sp³-hybridized carbons (Fsp3) is 0.611. The summed E-state index contributed by atoms with van der Waals surface area (Å²) in [5.41, 5.74) is -0.624. The molecule has 1 aliphatic heterocycles. The van der Waals surface area contributed by atoms with Gasteiger partial charge in [0.25, 0.3) is 5.56 Å². The fourth-order valence-corrected chi connectivity index (χ4v) is 3.88. The summed E-state index contributed by atoms with van der Waals surface area (Å²) >= 11 is 1.18. The van der Waals surface area contributed by atoms with Crippen LogP contribution in [-0.4, -0.2) is 50.0 Å². The van der Waals surface area contributed by atoms with Crippen molar-refractivity contribution in [2.75, 3.05) is 18.9 Å². The zero-order valence-corrected chi connectivity index (χ0v) is 17.3. The topological polar surface area (TPSA) is 108 Å². The number of carbonyl (C=O) groups is 1. The Hall–Kier alpha value is -2.20. The fourth-order valence-electron chi connectivity index (χ4n) is 3.03. The Morgan fingerprint density at radius 1 is 1.29 bits per heavy atom. The maximum atomic E-state index is 12.7. The summed E-state index contributed by atoms with van der Waals surface area (Å²) in [6.07, 6.45) is 2.04. The van der Waals surface area contributed by atoms with Crippen LogP contribution >= 0.6 is 11.8 Å². The van der Waals surface area contributed by atoms with E-state index < -0.39 is 11.2 Å². The number of thioether (sulfide) groups is 1. The van der Waals surface area contributed by atoms with Gasteiger partial charge in [-0.3, -0.25) is 18.7 Å². The molecule has 1 amide bonds. The van der Waals surface area contributed by atoms with E-state index in [1.54, 1.807) is 7.05 Å². The van der Waals surface area contributed by atoms with Crippen molar-refractivity contribution in [1.29, 1.82) is 0 Å². The molecule has 9 nitrogen and oxygen atoms in total. The first-order chi connectivity index (χ1) is 13.3. The number of aromatic nitrogens is 4. The Balaban J connectivity index is 1.89. The van der Waals surface area contributed by atoms with Crippen LogP contribution < -0.4 is 16.6 Å². The zero-order valence-electron chi connectivity index (χ0n) is 16.5. The Morgan fingerprint density at radius 3 is 2.68 bits per heavy atom. The van der Waals surface area contributed by atoms with Crippen molar-refractivity contribution < 1.29 is 9.53 Å². The van der Waals surface area contributed by atoms with Crippen molar-refractivity contribution in [3.05, 3.63) is 26.7 Å². The molecule has 0 bridgehead atoms. The van der Waals surface area contributed by atoms with Gasteiger partial charge in [0.2, 0.25) is 5.91 Å². The third-order valence-corrected chi connectivity index (χ3v) is 5.67.